The summed E-state index contributed by atoms with van der Waals surface area (Å²) in [7, 11) is 0. The van der Waals surface area contributed by atoms with Gasteiger partial charge in [-0.05, 0) is 25.4 Å². The number of hydrogen-bond acceptors (Lipinski definition) is 3. The average molecular weight is 197 g/mol. The van der Waals surface area contributed by atoms with E-state index in [1.807, 2.05) is 0 Å². The van der Waals surface area contributed by atoms with Crippen LogP contribution >= 0.6 is 0 Å². The molecular formula is C11H23N3. The quantitative estimate of drug-likeness (QED) is 0.703. The molecule has 1 atom stereocenters. The summed E-state index contributed by atoms with van der Waals surface area (Å²) in [5.41, 5.74) is 5.83. The highest BCUT2D eigenvalue weighted by molar-refractivity contribution is 4.83. The Morgan fingerprint density at radius 2 is 2.07 bits per heavy atom. The molecule has 3 heteroatoms. The standard InChI is InChI=1S/C11H23N3/c1-5-14(10(2)6-7-12)9-11(3,4)8-13/h10H,5-6,8-9,13H2,1-4H3. The Labute approximate surface area is 87.9 Å². The molecule has 0 heterocycles. The first-order valence-electron chi connectivity index (χ1n) is 5.28. The molecular weight excluding hydrogens is 174 g/mol. The van der Waals surface area contributed by atoms with E-state index in [2.05, 4.69) is 38.7 Å². The Balaban J connectivity index is 4.22. The number of nitrogens with zero attached hydrogens (tertiary/aromatic N) is 2. The van der Waals surface area contributed by atoms with Crippen LogP contribution in [-0.2, 0) is 0 Å². The molecule has 3 nitrogen and oxygen atoms in total. The average Bonchev–Trinajstić information content (AvgIpc) is 2.14. The summed E-state index contributed by atoms with van der Waals surface area (Å²) in [4.78, 5) is 2.32. The predicted octanol–water partition coefficient (Wildman–Crippen LogP) is 1.60. The minimum absolute atomic E-state index is 0.139. The van der Waals surface area contributed by atoms with E-state index in [1.54, 1.807) is 0 Å². The van der Waals surface area contributed by atoms with Crippen LogP contribution < -0.4 is 5.73 Å². The maximum absolute atomic E-state index is 8.64. The van der Waals surface area contributed by atoms with Crippen LogP contribution in [-0.4, -0.2) is 30.6 Å². The summed E-state index contributed by atoms with van der Waals surface area (Å²) >= 11 is 0. The largest absolute Gasteiger partial charge is 0.330 e. The van der Waals surface area contributed by atoms with E-state index in [1.165, 1.54) is 0 Å². The highest BCUT2D eigenvalue weighted by atomic mass is 15.1. The summed E-state index contributed by atoms with van der Waals surface area (Å²) in [5, 5.41) is 8.64. The zero-order valence-corrected chi connectivity index (χ0v) is 9.88. The molecule has 0 rings (SSSR count). The van der Waals surface area contributed by atoms with E-state index < -0.39 is 0 Å². The summed E-state index contributed by atoms with van der Waals surface area (Å²) in [6, 6.07) is 2.54. The lowest BCUT2D eigenvalue weighted by molar-refractivity contribution is 0.149. The van der Waals surface area contributed by atoms with Crippen LogP contribution in [0, 0.1) is 16.7 Å². The summed E-state index contributed by atoms with van der Waals surface area (Å²) < 4.78 is 0. The van der Waals surface area contributed by atoms with Gasteiger partial charge in [0.1, 0.15) is 0 Å². The molecule has 0 amide bonds. The summed E-state index contributed by atoms with van der Waals surface area (Å²) in [6.45, 7) is 11.2. The van der Waals surface area contributed by atoms with Crippen LogP contribution in [0.1, 0.15) is 34.1 Å². The fourth-order valence-electron chi connectivity index (χ4n) is 1.45. The lowest BCUT2D eigenvalue weighted by atomic mass is 9.92. The first-order chi connectivity index (χ1) is 6.46. The Kier molecular flexibility index (Phi) is 5.75. The van der Waals surface area contributed by atoms with Crippen molar-refractivity contribution in [2.45, 2.75) is 40.2 Å². The Bertz CT molecular complexity index is 193. The predicted molar refractivity (Wildman–Crippen MR) is 59.8 cm³/mol. The molecule has 0 aromatic carbocycles. The zero-order chi connectivity index (χ0) is 11.2. The lowest BCUT2D eigenvalue weighted by Gasteiger charge is -2.34. The van der Waals surface area contributed by atoms with Crippen LogP contribution in [0.15, 0.2) is 0 Å². The number of hydrogen-bond donors (Lipinski definition) is 1. The van der Waals surface area contributed by atoms with E-state index in [0.29, 0.717) is 19.0 Å². The fourth-order valence-corrected chi connectivity index (χ4v) is 1.45. The third-order valence-electron chi connectivity index (χ3n) is 2.60. The van der Waals surface area contributed by atoms with Gasteiger partial charge in [0.15, 0.2) is 0 Å². The van der Waals surface area contributed by atoms with Gasteiger partial charge in [-0.15, -0.1) is 0 Å². The first-order valence-corrected chi connectivity index (χ1v) is 5.28. The molecule has 82 valence electrons. The van der Waals surface area contributed by atoms with Gasteiger partial charge >= 0.3 is 0 Å². The molecule has 0 aromatic rings. The van der Waals surface area contributed by atoms with Crippen molar-refractivity contribution in [1.29, 1.82) is 5.26 Å². The molecule has 0 saturated carbocycles. The van der Waals surface area contributed by atoms with Crippen LogP contribution in [0.3, 0.4) is 0 Å². The molecule has 14 heavy (non-hydrogen) atoms. The smallest absolute Gasteiger partial charge is 0.0638 e. The second-order valence-corrected chi connectivity index (χ2v) is 4.64. The second-order valence-electron chi connectivity index (χ2n) is 4.64. The molecule has 0 bridgehead atoms. The van der Waals surface area contributed by atoms with Gasteiger partial charge in [-0.2, -0.15) is 5.26 Å². The van der Waals surface area contributed by atoms with Crippen molar-refractivity contribution in [1.82, 2.24) is 4.90 Å². The molecule has 0 aliphatic heterocycles. The van der Waals surface area contributed by atoms with Crippen molar-refractivity contribution in [3.8, 4) is 6.07 Å². The molecule has 0 aliphatic rings. The number of nitrogens with two attached hydrogens (primary N) is 1. The molecule has 1 unspecified atom stereocenters. The van der Waals surface area contributed by atoms with Gasteiger partial charge in [0.05, 0.1) is 12.5 Å². The second kappa shape index (κ2) is 6.00. The Hall–Kier alpha value is -0.590. The Morgan fingerprint density at radius 1 is 1.50 bits per heavy atom. The van der Waals surface area contributed by atoms with Crippen LogP contribution in [0.2, 0.25) is 0 Å². The van der Waals surface area contributed by atoms with E-state index in [4.69, 9.17) is 11.0 Å². The zero-order valence-electron chi connectivity index (χ0n) is 9.88. The van der Waals surface area contributed by atoms with E-state index in [-0.39, 0.29) is 5.41 Å². The maximum atomic E-state index is 8.64. The van der Waals surface area contributed by atoms with E-state index >= 15 is 0 Å². The van der Waals surface area contributed by atoms with Crippen LogP contribution in [0.5, 0.6) is 0 Å². The van der Waals surface area contributed by atoms with Crippen LogP contribution in [0.4, 0.5) is 0 Å². The van der Waals surface area contributed by atoms with Gasteiger partial charge in [0.25, 0.3) is 0 Å². The number of rotatable bonds is 6. The molecule has 2 N–H and O–H groups in total. The molecule has 0 radical (unpaired) electrons. The fraction of sp³-hybridized carbons (Fsp3) is 0.909. The van der Waals surface area contributed by atoms with Crippen molar-refractivity contribution >= 4 is 0 Å². The maximum Gasteiger partial charge on any atom is 0.0638 e. The number of nitriles is 1. The minimum atomic E-state index is 0.139. The molecule has 0 aromatic heterocycles. The molecule has 0 spiro atoms. The van der Waals surface area contributed by atoms with Crippen molar-refractivity contribution in [3.05, 3.63) is 0 Å². The SMILES string of the molecule is CCN(CC(C)(C)CN)C(C)CC#N. The molecule has 0 fully saturated rings. The van der Waals surface area contributed by atoms with Crippen molar-refractivity contribution in [2.75, 3.05) is 19.6 Å². The summed E-state index contributed by atoms with van der Waals surface area (Å²) in [6.07, 6.45) is 0.592. The third kappa shape index (κ3) is 4.59. The highest BCUT2D eigenvalue weighted by Gasteiger charge is 2.22. The van der Waals surface area contributed by atoms with Crippen molar-refractivity contribution in [3.63, 3.8) is 0 Å². The first kappa shape index (κ1) is 13.4. The van der Waals surface area contributed by atoms with E-state index in [0.717, 1.165) is 13.1 Å². The monoisotopic (exact) mass is 197 g/mol. The van der Waals surface area contributed by atoms with Gasteiger partial charge in [-0.3, -0.25) is 4.90 Å². The van der Waals surface area contributed by atoms with Crippen molar-refractivity contribution < 1.29 is 0 Å². The normalized spacial score (nSPS) is 14.1. The Morgan fingerprint density at radius 3 is 2.43 bits per heavy atom. The van der Waals surface area contributed by atoms with Gasteiger partial charge in [0.2, 0.25) is 0 Å². The van der Waals surface area contributed by atoms with Gasteiger partial charge in [0, 0.05) is 12.6 Å². The molecule has 0 saturated heterocycles. The third-order valence-corrected chi connectivity index (χ3v) is 2.60. The minimum Gasteiger partial charge on any atom is -0.330 e. The summed E-state index contributed by atoms with van der Waals surface area (Å²) in [5.74, 6) is 0. The van der Waals surface area contributed by atoms with E-state index in [9.17, 15) is 0 Å². The topological polar surface area (TPSA) is 53.0 Å². The van der Waals surface area contributed by atoms with Gasteiger partial charge < -0.3 is 5.73 Å². The highest BCUT2D eigenvalue weighted by Crippen LogP contribution is 2.17. The molecule has 0 aliphatic carbocycles. The van der Waals surface area contributed by atoms with Crippen molar-refractivity contribution in [2.24, 2.45) is 11.1 Å². The van der Waals surface area contributed by atoms with Gasteiger partial charge in [-0.25, -0.2) is 0 Å². The van der Waals surface area contributed by atoms with Crippen LogP contribution in [0.25, 0.3) is 0 Å². The van der Waals surface area contributed by atoms with Gasteiger partial charge in [-0.1, -0.05) is 20.8 Å². The lowest BCUT2D eigenvalue weighted by Crippen LogP contribution is -2.42.